The third-order valence-corrected chi connectivity index (χ3v) is 3.87. The fourth-order valence-corrected chi connectivity index (χ4v) is 2.99. The number of nitrogens with one attached hydrogen (secondary N) is 1. The minimum absolute atomic E-state index is 0.267. The number of anilines is 1. The standard InChI is InChI=1S/C12H16N2O2S/c1-8-6-10(12(15)16)11(13-7-8)14-9-2-4-17-5-3-9/h6-7,9H,2-5H2,1H3,(H,13,14)(H,15,16). The summed E-state index contributed by atoms with van der Waals surface area (Å²) < 4.78 is 0. The number of carbonyl (C=O) groups is 1. The van der Waals surface area contributed by atoms with Crippen molar-refractivity contribution < 1.29 is 9.90 Å². The highest BCUT2D eigenvalue weighted by atomic mass is 32.2. The molecule has 0 aromatic carbocycles. The van der Waals surface area contributed by atoms with E-state index in [1.165, 1.54) is 0 Å². The molecule has 2 heterocycles. The molecule has 1 saturated heterocycles. The average molecular weight is 252 g/mol. The Morgan fingerprint density at radius 1 is 1.53 bits per heavy atom. The first-order valence-electron chi connectivity index (χ1n) is 5.71. The maximum Gasteiger partial charge on any atom is 0.339 e. The number of aromatic nitrogens is 1. The summed E-state index contributed by atoms with van der Waals surface area (Å²) in [6.45, 7) is 1.85. The monoisotopic (exact) mass is 252 g/mol. The number of hydrogen-bond donors (Lipinski definition) is 2. The zero-order valence-electron chi connectivity index (χ0n) is 9.77. The molecule has 2 N–H and O–H groups in total. The summed E-state index contributed by atoms with van der Waals surface area (Å²) in [5.74, 6) is 1.84. The van der Waals surface area contributed by atoms with Crippen LogP contribution in [0, 0.1) is 6.92 Å². The molecule has 1 aromatic heterocycles. The number of pyridine rings is 1. The van der Waals surface area contributed by atoms with E-state index in [-0.39, 0.29) is 5.56 Å². The van der Waals surface area contributed by atoms with E-state index in [9.17, 15) is 4.79 Å². The van der Waals surface area contributed by atoms with E-state index in [1.807, 2.05) is 18.7 Å². The van der Waals surface area contributed by atoms with Gasteiger partial charge in [-0.25, -0.2) is 9.78 Å². The molecular weight excluding hydrogens is 236 g/mol. The minimum atomic E-state index is -0.922. The lowest BCUT2D eigenvalue weighted by molar-refractivity contribution is 0.0697. The van der Waals surface area contributed by atoms with Gasteiger partial charge in [0.1, 0.15) is 11.4 Å². The second kappa shape index (κ2) is 5.40. The van der Waals surface area contributed by atoms with Gasteiger partial charge >= 0.3 is 5.97 Å². The van der Waals surface area contributed by atoms with E-state index in [1.54, 1.807) is 12.3 Å². The Bertz CT molecular complexity index is 417. The molecule has 1 aliphatic heterocycles. The van der Waals surface area contributed by atoms with Gasteiger partial charge in [-0.3, -0.25) is 0 Å². The Morgan fingerprint density at radius 3 is 2.88 bits per heavy atom. The smallest absolute Gasteiger partial charge is 0.339 e. The fraction of sp³-hybridized carbons (Fsp3) is 0.500. The van der Waals surface area contributed by atoms with Crippen LogP contribution in [-0.4, -0.2) is 33.6 Å². The first-order chi connectivity index (χ1) is 8.16. The van der Waals surface area contributed by atoms with Gasteiger partial charge in [0.25, 0.3) is 0 Å². The second-order valence-corrected chi connectivity index (χ2v) is 5.47. The molecule has 0 radical (unpaired) electrons. The van der Waals surface area contributed by atoms with Crippen LogP contribution in [-0.2, 0) is 0 Å². The molecule has 1 aromatic rings. The summed E-state index contributed by atoms with van der Waals surface area (Å²) in [6.07, 6.45) is 3.84. The van der Waals surface area contributed by atoms with Gasteiger partial charge in [-0.2, -0.15) is 11.8 Å². The van der Waals surface area contributed by atoms with Crippen molar-refractivity contribution in [2.75, 3.05) is 16.8 Å². The van der Waals surface area contributed by atoms with E-state index in [0.29, 0.717) is 11.9 Å². The molecule has 2 rings (SSSR count). The summed E-state index contributed by atoms with van der Waals surface area (Å²) in [5, 5.41) is 12.4. The van der Waals surface area contributed by atoms with Gasteiger partial charge in [0.2, 0.25) is 0 Å². The summed E-state index contributed by atoms with van der Waals surface area (Å²) in [5.41, 5.74) is 1.13. The number of thioether (sulfide) groups is 1. The zero-order chi connectivity index (χ0) is 12.3. The number of carboxylic acid groups (broad SMARTS) is 1. The highest BCUT2D eigenvalue weighted by molar-refractivity contribution is 7.99. The molecule has 92 valence electrons. The number of carboxylic acids is 1. The van der Waals surface area contributed by atoms with Crippen molar-refractivity contribution in [2.45, 2.75) is 25.8 Å². The van der Waals surface area contributed by atoms with E-state index >= 15 is 0 Å². The van der Waals surface area contributed by atoms with Crippen LogP contribution in [0.2, 0.25) is 0 Å². The molecule has 4 nitrogen and oxygen atoms in total. The van der Waals surface area contributed by atoms with Crippen LogP contribution in [0.15, 0.2) is 12.3 Å². The van der Waals surface area contributed by atoms with E-state index < -0.39 is 5.97 Å². The number of aryl methyl sites for hydroxylation is 1. The molecule has 0 unspecified atom stereocenters. The van der Waals surface area contributed by atoms with Crippen LogP contribution >= 0.6 is 11.8 Å². The van der Waals surface area contributed by atoms with Gasteiger partial charge in [0.05, 0.1) is 0 Å². The van der Waals surface area contributed by atoms with E-state index in [4.69, 9.17) is 5.11 Å². The molecule has 0 bridgehead atoms. The number of nitrogens with zero attached hydrogens (tertiary/aromatic N) is 1. The Hall–Kier alpha value is -1.23. The molecule has 1 aliphatic rings. The average Bonchev–Trinajstić information content (AvgIpc) is 2.32. The Kier molecular flexibility index (Phi) is 3.89. The fourth-order valence-electron chi connectivity index (χ4n) is 1.88. The maximum atomic E-state index is 11.1. The Labute approximate surface area is 105 Å². The van der Waals surface area contributed by atoms with Crippen molar-refractivity contribution in [3.63, 3.8) is 0 Å². The van der Waals surface area contributed by atoms with E-state index in [0.717, 1.165) is 29.9 Å². The predicted molar refractivity (Wildman–Crippen MR) is 69.9 cm³/mol. The summed E-state index contributed by atoms with van der Waals surface area (Å²) in [6, 6.07) is 2.01. The van der Waals surface area contributed by atoms with Crippen molar-refractivity contribution in [2.24, 2.45) is 0 Å². The van der Waals surface area contributed by atoms with Crippen molar-refractivity contribution in [1.29, 1.82) is 0 Å². The van der Waals surface area contributed by atoms with Gasteiger partial charge in [-0.15, -0.1) is 0 Å². The van der Waals surface area contributed by atoms with Crippen LogP contribution in [0.4, 0.5) is 5.82 Å². The van der Waals surface area contributed by atoms with Gasteiger partial charge in [0.15, 0.2) is 0 Å². The van der Waals surface area contributed by atoms with Crippen LogP contribution in [0.25, 0.3) is 0 Å². The van der Waals surface area contributed by atoms with Crippen molar-refractivity contribution in [3.05, 3.63) is 23.4 Å². The summed E-state index contributed by atoms with van der Waals surface area (Å²) in [4.78, 5) is 15.3. The first kappa shape index (κ1) is 12.2. The van der Waals surface area contributed by atoms with Gasteiger partial charge in [0, 0.05) is 12.2 Å². The van der Waals surface area contributed by atoms with E-state index in [2.05, 4.69) is 10.3 Å². The largest absolute Gasteiger partial charge is 0.478 e. The highest BCUT2D eigenvalue weighted by Gasteiger charge is 2.18. The Morgan fingerprint density at radius 2 is 2.24 bits per heavy atom. The lowest BCUT2D eigenvalue weighted by Gasteiger charge is -2.23. The van der Waals surface area contributed by atoms with Crippen molar-refractivity contribution in [3.8, 4) is 0 Å². The lowest BCUT2D eigenvalue weighted by atomic mass is 10.1. The summed E-state index contributed by atoms with van der Waals surface area (Å²) >= 11 is 1.95. The van der Waals surface area contributed by atoms with Crippen molar-refractivity contribution in [1.82, 2.24) is 4.98 Å². The number of aromatic carboxylic acids is 1. The molecule has 0 amide bonds. The second-order valence-electron chi connectivity index (χ2n) is 4.24. The van der Waals surface area contributed by atoms with Gasteiger partial charge < -0.3 is 10.4 Å². The van der Waals surface area contributed by atoms with Crippen molar-refractivity contribution >= 4 is 23.5 Å². The lowest BCUT2D eigenvalue weighted by Crippen LogP contribution is -2.26. The van der Waals surface area contributed by atoms with Crippen LogP contribution in [0.1, 0.15) is 28.8 Å². The highest BCUT2D eigenvalue weighted by Crippen LogP contribution is 2.22. The van der Waals surface area contributed by atoms with Gasteiger partial charge in [-0.1, -0.05) is 0 Å². The van der Waals surface area contributed by atoms with Crippen LogP contribution in [0.3, 0.4) is 0 Å². The zero-order valence-corrected chi connectivity index (χ0v) is 10.6. The first-order valence-corrected chi connectivity index (χ1v) is 6.86. The third-order valence-electron chi connectivity index (χ3n) is 2.82. The van der Waals surface area contributed by atoms with Crippen LogP contribution < -0.4 is 5.32 Å². The molecular formula is C12H16N2O2S. The van der Waals surface area contributed by atoms with Crippen LogP contribution in [0.5, 0.6) is 0 Å². The number of rotatable bonds is 3. The third kappa shape index (κ3) is 3.12. The quantitative estimate of drug-likeness (QED) is 0.865. The maximum absolute atomic E-state index is 11.1. The molecule has 17 heavy (non-hydrogen) atoms. The Balaban J connectivity index is 2.16. The molecule has 1 fully saturated rings. The summed E-state index contributed by atoms with van der Waals surface area (Å²) in [7, 11) is 0. The predicted octanol–water partition coefficient (Wildman–Crippen LogP) is 2.40. The van der Waals surface area contributed by atoms with Gasteiger partial charge in [-0.05, 0) is 42.9 Å². The number of hydrogen-bond acceptors (Lipinski definition) is 4. The molecule has 5 heteroatoms. The topological polar surface area (TPSA) is 62.2 Å². The molecule has 0 spiro atoms. The molecule has 0 atom stereocenters. The SMILES string of the molecule is Cc1cnc(NC2CCSCC2)c(C(=O)O)c1. The molecule has 0 aliphatic carbocycles. The molecule has 0 saturated carbocycles. The minimum Gasteiger partial charge on any atom is -0.478 e. The normalized spacial score (nSPS) is 16.8.